The Balaban J connectivity index is 1.48. The van der Waals surface area contributed by atoms with Crippen LogP contribution >= 0.6 is 11.6 Å². The predicted molar refractivity (Wildman–Crippen MR) is 111 cm³/mol. The second-order valence-corrected chi connectivity index (χ2v) is 6.40. The third kappa shape index (κ3) is 6.33. The fourth-order valence-corrected chi connectivity index (χ4v) is 2.64. The van der Waals surface area contributed by atoms with Gasteiger partial charge in [0.25, 0.3) is 5.91 Å². The van der Waals surface area contributed by atoms with Crippen LogP contribution in [0.1, 0.15) is 11.1 Å². The van der Waals surface area contributed by atoms with Gasteiger partial charge in [0.2, 0.25) is 0 Å². The fraction of sp³-hybridized carbons (Fsp3) is 0.0909. The summed E-state index contributed by atoms with van der Waals surface area (Å²) in [6, 6.07) is 20.5. The first-order valence-electron chi connectivity index (χ1n) is 8.78. The van der Waals surface area contributed by atoms with Crippen LogP contribution < -0.4 is 10.1 Å². The first-order valence-corrected chi connectivity index (χ1v) is 9.15. The molecule has 0 spiro atoms. The number of amides is 1. The summed E-state index contributed by atoms with van der Waals surface area (Å²) in [4.78, 5) is 16.8. The summed E-state index contributed by atoms with van der Waals surface area (Å²) in [7, 11) is 0. The Hall–Kier alpha value is -3.38. The van der Waals surface area contributed by atoms with E-state index in [0.29, 0.717) is 27.6 Å². The van der Waals surface area contributed by atoms with Crippen LogP contribution in [0.3, 0.4) is 0 Å². The zero-order chi connectivity index (χ0) is 20.5. The molecule has 0 aliphatic rings. The lowest BCUT2D eigenvalue weighted by molar-refractivity contribution is -0.120. The monoisotopic (exact) mass is 412 g/mol. The number of anilines is 1. The van der Waals surface area contributed by atoms with E-state index in [0.717, 1.165) is 0 Å². The lowest BCUT2D eigenvalue weighted by atomic mass is 10.2. The van der Waals surface area contributed by atoms with Crippen molar-refractivity contribution in [3.8, 4) is 5.75 Å². The third-order valence-corrected chi connectivity index (χ3v) is 4.12. The van der Waals surface area contributed by atoms with E-state index in [1.165, 1.54) is 12.3 Å². The van der Waals surface area contributed by atoms with Gasteiger partial charge in [-0.05, 0) is 42.0 Å². The smallest absolute Gasteiger partial charge is 0.265 e. The highest BCUT2D eigenvalue weighted by molar-refractivity contribution is 6.32. The highest BCUT2D eigenvalue weighted by atomic mass is 35.5. The van der Waals surface area contributed by atoms with Crippen molar-refractivity contribution in [2.45, 2.75) is 6.61 Å². The van der Waals surface area contributed by atoms with Gasteiger partial charge in [0, 0.05) is 11.3 Å². The number of rotatable bonds is 8. The molecule has 0 bridgehead atoms. The Morgan fingerprint density at radius 1 is 1.07 bits per heavy atom. The van der Waals surface area contributed by atoms with E-state index in [-0.39, 0.29) is 24.9 Å². The summed E-state index contributed by atoms with van der Waals surface area (Å²) >= 11 is 6.20. The summed E-state index contributed by atoms with van der Waals surface area (Å²) in [5, 5.41) is 6.80. The van der Waals surface area contributed by atoms with E-state index >= 15 is 0 Å². The molecule has 3 aromatic carbocycles. The molecular formula is C22H18ClFN2O3. The van der Waals surface area contributed by atoms with Crippen molar-refractivity contribution in [1.29, 1.82) is 0 Å². The number of hydrogen-bond donors (Lipinski definition) is 1. The van der Waals surface area contributed by atoms with Gasteiger partial charge in [0.1, 0.15) is 18.2 Å². The summed E-state index contributed by atoms with van der Waals surface area (Å²) in [6.45, 7) is -0.150. The molecule has 3 rings (SSSR count). The molecule has 0 aliphatic heterocycles. The molecule has 0 atom stereocenters. The van der Waals surface area contributed by atoms with Crippen molar-refractivity contribution in [3.63, 3.8) is 0 Å². The SMILES string of the molecule is O=C(CO/N=C/c1ccc(OCc2ccccc2F)c(Cl)c1)Nc1ccccc1. The van der Waals surface area contributed by atoms with Gasteiger partial charge in [-0.1, -0.05) is 53.2 Å². The first-order chi connectivity index (χ1) is 14.1. The van der Waals surface area contributed by atoms with Gasteiger partial charge in [-0.15, -0.1) is 0 Å². The molecule has 0 aliphatic carbocycles. The number of para-hydroxylation sites is 1. The first kappa shape index (κ1) is 20.4. The standard InChI is InChI=1S/C22H18ClFN2O3/c23-19-12-16(10-11-21(19)28-14-17-6-4-5-9-20(17)24)13-25-29-15-22(27)26-18-7-2-1-3-8-18/h1-13H,14-15H2,(H,26,27)/b25-13+. The lowest BCUT2D eigenvalue weighted by Crippen LogP contribution is -2.16. The Labute approximate surface area is 172 Å². The van der Waals surface area contributed by atoms with E-state index < -0.39 is 0 Å². The van der Waals surface area contributed by atoms with Crippen molar-refractivity contribution in [3.05, 3.63) is 94.8 Å². The Morgan fingerprint density at radius 2 is 1.83 bits per heavy atom. The van der Waals surface area contributed by atoms with Crippen LogP contribution in [0.2, 0.25) is 5.02 Å². The highest BCUT2D eigenvalue weighted by Gasteiger charge is 2.06. The maximum Gasteiger partial charge on any atom is 0.265 e. The minimum Gasteiger partial charge on any atom is -0.487 e. The number of carbonyl (C=O) groups excluding carboxylic acids is 1. The number of nitrogens with zero attached hydrogens (tertiary/aromatic N) is 1. The summed E-state index contributed by atoms with van der Waals surface area (Å²) in [5.74, 6) is -0.223. The van der Waals surface area contributed by atoms with E-state index in [1.807, 2.05) is 18.2 Å². The maximum absolute atomic E-state index is 13.6. The molecule has 5 nitrogen and oxygen atoms in total. The van der Waals surface area contributed by atoms with Gasteiger partial charge in [0.15, 0.2) is 6.61 Å². The van der Waals surface area contributed by atoms with Gasteiger partial charge in [-0.25, -0.2) is 4.39 Å². The Morgan fingerprint density at radius 3 is 2.59 bits per heavy atom. The minimum absolute atomic E-state index is 0.0689. The maximum atomic E-state index is 13.6. The predicted octanol–water partition coefficient (Wildman–Crippen LogP) is 5.05. The van der Waals surface area contributed by atoms with Crippen molar-refractivity contribution in [1.82, 2.24) is 0 Å². The molecule has 0 saturated carbocycles. The number of oxime groups is 1. The fourth-order valence-electron chi connectivity index (χ4n) is 2.40. The van der Waals surface area contributed by atoms with Gasteiger partial charge < -0.3 is 14.9 Å². The van der Waals surface area contributed by atoms with Gasteiger partial charge in [-0.3, -0.25) is 4.79 Å². The average molecular weight is 413 g/mol. The van der Waals surface area contributed by atoms with Crippen LogP contribution in [0.4, 0.5) is 10.1 Å². The van der Waals surface area contributed by atoms with Crippen molar-refractivity contribution in [2.75, 3.05) is 11.9 Å². The number of ether oxygens (including phenoxy) is 1. The molecular weight excluding hydrogens is 395 g/mol. The second-order valence-electron chi connectivity index (χ2n) is 5.99. The topological polar surface area (TPSA) is 59.9 Å². The largest absolute Gasteiger partial charge is 0.487 e. The number of carbonyl (C=O) groups is 1. The van der Waals surface area contributed by atoms with E-state index in [2.05, 4.69) is 10.5 Å². The zero-order valence-electron chi connectivity index (χ0n) is 15.3. The molecule has 1 N–H and O–H groups in total. The quantitative estimate of drug-likeness (QED) is 0.416. The van der Waals surface area contributed by atoms with Crippen LogP contribution in [0.25, 0.3) is 0 Å². The Bertz CT molecular complexity index is 996. The number of halogens is 2. The molecule has 0 heterocycles. The molecule has 0 aromatic heterocycles. The van der Waals surface area contributed by atoms with E-state index in [4.69, 9.17) is 21.2 Å². The Kier molecular flexibility index (Phi) is 7.19. The average Bonchev–Trinajstić information content (AvgIpc) is 2.72. The van der Waals surface area contributed by atoms with Gasteiger partial charge in [0.05, 0.1) is 11.2 Å². The molecule has 3 aromatic rings. The molecule has 7 heteroatoms. The summed E-state index contributed by atoms with van der Waals surface area (Å²) in [5.41, 5.74) is 1.79. The van der Waals surface area contributed by atoms with Gasteiger partial charge >= 0.3 is 0 Å². The van der Waals surface area contributed by atoms with Gasteiger partial charge in [-0.2, -0.15) is 0 Å². The summed E-state index contributed by atoms with van der Waals surface area (Å²) < 4.78 is 19.2. The van der Waals surface area contributed by atoms with Crippen LogP contribution in [0.15, 0.2) is 78.0 Å². The van der Waals surface area contributed by atoms with Crippen LogP contribution in [-0.2, 0) is 16.2 Å². The molecule has 0 radical (unpaired) electrons. The van der Waals surface area contributed by atoms with Crippen molar-refractivity contribution in [2.24, 2.45) is 5.16 Å². The second kappa shape index (κ2) is 10.2. The molecule has 148 valence electrons. The molecule has 0 unspecified atom stereocenters. The molecule has 1 amide bonds. The third-order valence-electron chi connectivity index (χ3n) is 3.83. The molecule has 29 heavy (non-hydrogen) atoms. The zero-order valence-corrected chi connectivity index (χ0v) is 16.1. The molecule has 0 saturated heterocycles. The van der Waals surface area contributed by atoms with Crippen molar-refractivity contribution < 1.29 is 18.8 Å². The van der Waals surface area contributed by atoms with Crippen LogP contribution in [0, 0.1) is 5.82 Å². The number of benzene rings is 3. The molecule has 0 fully saturated rings. The normalized spacial score (nSPS) is 10.7. The number of hydrogen-bond acceptors (Lipinski definition) is 4. The highest BCUT2D eigenvalue weighted by Crippen LogP contribution is 2.26. The van der Waals surface area contributed by atoms with Crippen molar-refractivity contribution >= 4 is 29.4 Å². The van der Waals surface area contributed by atoms with Crippen LogP contribution in [-0.4, -0.2) is 18.7 Å². The summed E-state index contributed by atoms with van der Waals surface area (Å²) in [6.07, 6.45) is 1.43. The van der Waals surface area contributed by atoms with Crippen LogP contribution in [0.5, 0.6) is 5.75 Å². The minimum atomic E-state index is -0.333. The van der Waals surface area contributed by atoms with E-state index in [9.17, 15) is 9.18 Å². The number of nitrogens with one attached hydrogen (secondary N) is 1. The lowest BCUT2D eigenvalue weighted by Gasteiger charge is -2.09. The van der Waals surface area contributed by atoms with E-state index in [1.54, 1.807) is 48.5 Å².